The van der Waals surface area contributed by atoms with Gasteiger partial charge in [-0.1, -0.05) is 35.9 Å². The van der Waals surface area contributed by atoms with Crippen LogP contribution in [0.4, 0.5) is 4.39 Å². The maximum Gasteiger partial charge on any atom is 0.305 e. The summed E-state index contributed by atoms with van der Waals surface area (Å²) in [5, 5.41) is 14.0. The van der Waals surface area contributed by atoms with E-state index >= 15 is 0 Å². The molecule has 0 saturated carbocycles. The lowest BCUT2D eigenvalue weighted by Gasteiger charge is -2.31. The molecule has 2 aromatic carbocycles. The lowest BCUT2D eigenvalue weighted by Crippen LogP contribution is -2.54. The summed E-state index contributed by atoms with van der Waals surface area (Å²) in [5.41, 5.74) is 1.64. The Labute approximate surface area is 217 Å². The number of nitrogens with zero attached hydrogens (tertiary/aromatic N) is 2. The van der Waals surface area contributed by atoms with Gasteiger partial charge in [-0.2, -0.15) is 0 Å². The Bertz CT molecular complexity index is 1300. The number of halogens is 1. The highest BCUT2D eigenvalue weighted by Crippen LogP contribution is 2.24. The average Bonchev–Trinajstić information content (AvgIpc) is 3.53. The molecule has 1 fully saturated rings. The topological polar surface area (TPSA) is 107 Å². The van der Waals surface area contributed by atoms with Crippen LogP contribution in [0.1, 0.15) is 38.8 Å². The number of carboxylic acids is 1. The van der Waals surface area contributed by atoms with Crippen molar-refractivity contribution >= 4 is 35.0 Å². The monoisotopic (exact) mass is 523 g/mol. The van der Waals surface area contributed by atoms with Crippen molar-refractivity contribution in [1.29, 1.82) is 0 Å². The highest BCUT2D eigenvalue weighted by atomic mass is 32.1. The third-order valence-corrected chi connectivity index (χ3v) is 7.00. The Morgan fingerprint density at radius 1 is 1.05 bits per heavy atom. The fraction of sp³-hybridized carbons (Fsp3) is 0.259. The number of hydrogen-bond donors (Lipinski definition) is 2. The van der Waals surface area contributed by atoms with Crippen LogP contribution >= 0.6 is 11.3 Å². The van der Waals surface area contributed by atoms with Gasteiger partial charge in [0.15, 0.2) is 6.17 Å². The van der Waals surface area contributed by atoms with E-state index in [0.29, 0.717) is 11.1 Å². The predicted molar refractivity (Wildman–Crippen MR) is 135 cm³/mol. The summed E-state index contributed by atoms with van der Waals surface area (Å²) >= 11 is 1.42. The Kier molecular flexibility index (Phi) is 7.98. The minimum atomic E-state index is -1.27. The van der Waals surface area contributed by atoms with Crippen molar-refractivity contribution < 1.29 is 28.7 Å². The first kappa shape index (κ1) is 26.0. The Hall–Kier alpha value is -4.05. The molecule has 2 unspecified atom stereocenters. The first-order valence-electron chi connectivity index (χ1n) is 11.7. The minimum Gasteiger partial charge on any atom is -0.481 e. The lowest BCUT2D eigenvalue weighted by atomic mass is 10.0. The molecule has 1 saturated heterocycles. The third kappa shape index (κ3) is 6.21. The van der Waals surface area contributed by atoms with Crippen LogP contribution in [0.25, 0.3) is 0 Å². The second-order valence-electron chi connectivity index (χ2n) is 8.80. The van der Waals surface area contributed by atoms with Crippen molar-refractivity contribution in [3.8, 4) is 0 Å². The van der Waals surface area contributed by atoms with Crippen molar-refractivity contribution in [3.63, 3.8) is 0 Å². The van der Waals surface area contributed by atoms with Crippen LogP contribution < -0.4 is 5.32 Å². The summed E-state index contributed by atoms with van der Waals surface area (Å²) in [6.07, 6.45) is -1.65. The van der Waals surface area contributed by atoms with Gasteiger partial charge in [0.2, 0.25) is 5.91 Å². The molecular weight excluding hydrogens is 497 g/mol. The third-order valence-electron chi connectivity index (χ3n) is 6.13. The van der Waals surface area contributed by atoms with E-state index in [4.69, 9.17) is 0 Å². The van der Waals surface area contributed by atoms with Crippen LogP contribution in [0.2, 0.25) is 0 Å². The normalized spacial score (nSPS) is 15.9. The fourth-order valence-electron chi connectivity index (χ4n) is 4.36. The standard InChI is InChI=1S/C27H26FN3O5S/c1-17-4-2-5-19(14-17)27(36)31-12-11-30(23(32)15-21-6-3-13-37-21)26(31)25(35)29-22(16-24(33)34)18-7-9-20(28)10-8-18/h2-10,13-14,22,26H,11-12,15-16H2,1H3,(H,29,35)(H,33,34). The van der Waals surface area contributed by atoms with Crippen molar-refractivity contribution in [1.82, 2.24) is 15.1 Å². The average molecular weight is 524 g/mol. The molecule has 0 radical (unpaired) electrons. The molecule has 1 aromatic heterocycles. The van der Waals surface area contributed by atoms with Crippen LogP contribution in [0.15, 0.2) is 66.0 Å². The van der Waals surface area contributed by atoms with E-state index in [-0.39, 0.29) is 25.4 Å². The van der Waals surface area contributed by atoms with Gasteiger partial charge in [-0.15, -0.1) is 11.3 Å². The molecule has 2 heterocycles. The van der Waals surface area contributed by atoms with E-state index in [2.05, 4.69) is 5.32 Å². The molecule has 3 aromatic rings. The number of hydrogen-bond acceptors (Lipinski definition) is 5. The summed E-state index contributed by atoms with van der Waals surface area (Å²) in [5.74, 6) is -3.08. The molecule has 3 amide bonds. The number of carbonyl (C=O) groups is 4. The predicted octanol–water partition coefficient (Wildman–Crippen LogP) is 3.38. The van der Waals surface area contributed by atoms with Crippen LogP contribution in [0.5, 0.6) is 0 Å². The number of thiophene rings is 1. The Balaban J connectivity index is 1.64. The molecule has 10 heteroatoms. The van der Waals surface area contributed by atoms with Gasteiger partial charge in [0.05, 0.1) is 18.9 Å². The molecule has 0 spiro atoms. The number of amides is 3. The van der Waals surface area contributed by atoms with E-state index in [1.54, 1.807) is 18.2 Å². The minimum absolute atomic E-state index is 0.0738. The molecule has 2 N–H and O–H groups in total. The zero-order chi connectivity index (χ0) is 26.5. The largest absolute Gasteiger partial charge is 0.481 e. The first-order chi connectivity index (χ1) is 17.7. The van der Waals surface area contributed by atoms with Gasteiger partial charge in [0.25, 0.3) is 11.8 Å². The molecule has 8 nitrogen and oxygen atoms in total. The van der Waals surface area contributed by atoms with Gasteiger partial charge in [0, 0.05) is 23.5 Å². The molecule has 37 heavy (non-hydrogen) atoms. The summed E-state index contributed by atoms with van der Waals surface area (Å²) in [4.78, 5) is 55.4. The summed E-state index contributed by atoms with van der Waals surface area (Å²) < 4.78 is 13.5. The maximum atomic E-state index is 13.6. The van der Waals surface area contributed by atoms with Crippen LogP contribution in [-0.4, -0.2) is 57.9 Å². The smallest absolute Gasteiger partial charge is 0.305 e. The summed E-state index contributed by atoms with van der Waals surface area (Å²) in [7, 11) is 0. The molecule has 4 rings (SSSR count). The number of carboxylic acid groups (broad SMARTS) is 1. The second-order valence-corrected chi connectivity index (χ2v) is 9.83. The van der Waals surface area contributed by atoms with Gasteiger partial charge in [-0.05, 0) is 48.2 Å². The van der Waals surface area contributed by atoms with E-state index < -0.39 is 42.2 Å². The molecule has 0 aliphatic carbocycles. The van der Waals surface area contributed by atoms with Crippen molar-refractivity contribution in [2.24, 2.45) is 0 Å². The maximum absolute atomic E-state index is 13.6. The Morgan fingerprint density at radius 2 is 1.78 bits per heavy atom. The number of aliphatic carboxylic acids is 1. The SMILES string of the molecule is Cc1cccc(C(=O)N2CCN(C(=O)Cc3cccs3)C2C(=O)NC(CC(=O)O)c2ccc(F)cc2)c1. The van der Waals surface area contributed by atoms with Crippen LogP contribution in [-0.2, 0) is 20.8 Å². The van der Waals surface area contributed by atoms with Crippen molar-refractivity contribution in [3.05, 3.63) is 93.4 Å². The number of carbonyl (C=O) groups excluding carboxylic acids is 3. The second kappa shape index (κ2) is 11.3. The van der Waals surface area contributed by atoms with Gasteiger partial charge >= 0.3 is 5.97 Å². The lowest BCUT2D eigenvalue weighted by molar-refractivity contribution is -0.142. The number of rotatable bonds is 8. The van der Waals surface area contributed by atoms with E-state index in [9.17, 15) is 28.7 Å². The molecule has 0 bridgehead atoms. The molecular formula is C27H26FN3O5S. The Morgan fingerprint density at radius 3 is 2.43 bits per heavy atom. The van der Waals surface area contributed by atoms with Crippen LogP contribution in [0.3, 0.4) is 0 Å². The van der Waals surface area contributed by atoms with Gasteiger partial charge in [-0.3, -0.25) is 19.2 Å². The summed E-state index contributed by atoms with van der Waals surface area (Å²) in [6.45, 7) is 2.14. The quantitative estimate of drug-likeness (QED) is 0.471. The highest BCUT2D eigenvalue weighted by Gasteiger charge is 2.43. The zero-order valence-electron chi connectivity index (χ0n) is 20.1. The van der Waals surface area contributed by atoms with E-state index in [1.807, 2.05) is 30.5 Å². The number of aryl methyl sites for hydroxylation is 1. The van der Waals surface area contributed by atoms with Crippen molar-refractivity contribution in [2.45, 2.75) is 32.0 Å². The van der Waals surface area contributed by atoms with E-state index in [0.717, 1.165) is 10.4 Å². The van der Waals surface area contributed by atoms with Crippen molar-refractivity contribution in [2.75, 3.05) is 13.1 Å². The van der Waals surface area contributed by atoms with Gasteiger partial charge < -0.3 is 20.2 Å². The highest BCUT2D eigenvalue weighted by molar-refractivity contribution is 7.10. The molecule has 1 aliphatic rings. The molecule has 192 valence electrons. The van der Waals surface area contributed by atoms with Gasteiger partial charge in [0.1, 0.15) is 5.82 Å². The fourth-order valence-corrected chi connectivity index (χ4v) is 5.06. The zero-order valence-corrected chi connectivity index (χ0v) is 20.9. The molecule has 1 aliphatic heterocycles. The van der Waals surface area contributed by atoms with E-state index in [1.165, 1.54) is 45.4 Å². The first-order valence-corrected chi connectivity index (χ1v) is 12.6. The molecule has 2 atom stereocenters. The number of nitrogens with one attached hydrogen (secondary N) is 1. The number of benzene rings is 2. The summed E-state index contributed by atoms with van der Waals surface area (Å²) in [6, 6.07) is 14.7. The van der Waals surface area contributed by atoms with Gasteiger partial charge in [-0.25, -0.2) is 4.39 Å². The van der Waals surface area contributed by atoms with Crippen LogP contribution in [0, 0.1) is 12.7 Å².